The minimum atomic E-state index is -0.0311. The van der Waals surface area contributed by atoms with E-state index in [-0.39, 0.29) is 18.4 Å². The van der Waals surface area contributed by atoms with Gasteiger partial charge in [-0.3, -0.25) is 14.7 Å². The van der Waals surface area contributed by atoms with Gasteiger partial charge in [0.15, 0.2) is 6.61 Å². The summed E-state index contributed by atoms with van der Waals surface area (Å²) in [6.45, 7) is 4.51. The molecule has 31 heavy (non-hydrogen) atoms. The molecule has 160 valence electrons. The topological polar surface area (TPSA) is 91.4 Å². The summed E-state index contributed by atoms with van der Waals surface area (Å²) >= 11 is 6.03. The summed E-state index contributed by atoms with van der Waals surface area (Å²) in [5.41, 5.74) is 3.01. The van der Waals surface area contributed by atoms with Crippen molar-refractivity contribution in [2.75, 3.05) is 32.8 Å². The third-order valence-electron chi connectivity index (χ3n) is 6.19. The monoisotopic (exact) mass is 439 g/mol. The molecule has 0 aliphatic carbocycles. The molecule has 0 spiro atoms. The first-order valence-corrected chi connectivity index (χ1v) is 10.6. The molecule has 2 aliphatic heterocycles. The van der Waals surface area contributed by atoms with Crippen LogP contribution >= 0.6 is 11.6 Å². The fourth-order valence-corrected chi connectivity index (χ4v) is 4.58. The smallest absolute Gasteiger partial charge is 0.260 e. The van der Waals surface area contributed by atoms with Gasteiger partial charge in [-0.05, 0) is 48.9 Å². The molecule has 5 rings (SSSR count). The Labute approximate surface area is 184 Å². The minimum Gasteiger partial charge on any atom is -0.484 e. The zero-order valence-electron chi connectivity index (χ0n) is 17.0. The van der Waals surface area contributed by atoms with Crippen LogP contribution in [0.5, 0.6) is 5.75 Å². The van der Waals surface area contributed by atoms with Crippen LogP contribution in [0.25, 0.3) is 11.0 Å². The van der Waals surface area contributed by atoms with Crippen LogP contribution in [0.4, 0.5) is 0 Å². The van der Waals surface area contributed by atoms with Crippen LogP contribution in [0.1, 0.15) is 15.9 Å². The Morgan fingerprint density at radius 1 is 1.10 bits per heavy atom. The Morgan fingerprint density at radius 3 is 2.58 bits per heavy atom. The quantitative estimate of drug-likeness (QED) is 0.674. The Bertz CT molecular complexity index is 1150. The van der Waals surface area contributed by atoms with Gasteiger partial charge < -0.3 is 14.5 Å². The molecule has 3 heterocycles. The number of benzene rings is 2. The molecule has 8 nitrogen and oxygen atoms in total. The third-order valence-corrected chi connectivity index (χ3v) is 6.61. The molecule has 0 bridgehead atoms. The number of halogens is 1. The number of aromatic amines is 1. The zero-order chi connectivity index (χ0) is 21.5. The number of H-pyrrole nitrogens is 1. The first-order valence-electron chi connectivity index (χ1n) is 10.2. The lowest BCUT2D eigenvalue weighted by atomic mass is 10.0. The van der Waals surface area contributed by atoms with E-state index >= 15 is 0 Å². The number of carbonyl (C=O) groups excluding carboxylic acids is 2. The number of likely N-dealkylation sites (tertiary alicyclic amines) is 2. The maximum Gasteiger partial charge on any atom is 0.260 e. The summed E-state index contributed by atoms with van der Waals surface area (Å²) in [6.07, 6.45) is 0. The summed E-state index contributed by atoms with van der Waals surface area (Å²) < 4.78 is 5.66. The Morgan fingerprint density at radius 2 is 1.84 bits per heavy atom. The van der Waals surface area contributed by atoms with Crippen LogP contribution < -0.4 is 4.74 Å². The predicted molar refractivity (Wildman–Crippen MR) is 115 cm³/mol. The number of nitrogens with zero attached hydrogens (tertiary/aromatic N) is 4. The van der Waals surface area contributed by atoms with Gasteiger partial charge in [-0.15, -0.1) is 5.10 Å². The van der Waals surface area contributed by atoms with Gasteiger partial charge in [0.2, 0.25) is 0 Å². The van der Waals surface area contributed by atoms with Gasteiger partial charge in [-0.1, -0.05) is 16.8 Å². The Hall–Kier alpha value is -3.13. The van der Waals surface area contributed by atoms with E-state index in [1.54, 1.807) is 24.3 Å². The predicted octanol–water partition coefficient (Wildman–Crippen LogP) is 2.53. The molecule has 2 fully saturated rings. The van der Waals surface area contributed by atoms with Crippen LogP contribution in [-0.2, 0) is 4.79 Å². The molecule has 2 aliphatic rings. The number of fused-ring (bicyclic) bond motifs is 2. The van der Waals surface area contributed by atoms with Gasteiger partial charge in [0.25, 0.3) is 11.8 Å². The van der Waals surface area contributed by atoms with E-state index in [0.717, 1.165) is 11.1 Å². The van der Waals surface area contributed by atoms with Gasteiger partial charge in [-0.2, -0.15) is 0 Å². The molecule has 2 aromatic carbocycles. The van der Waals surface area contributed by atoms with Crippen molar-refractivity contribution in [3.8, 4) is 5.75 Å². The highest BCUT2D eigenvalue weighted by Gasteiger charge is 2.43. The van der Waals surface area contributed by atoms with Crippen LogP contribution in [0.2, 0.25) is 5.02 Å². The summed E-state index contributed by atoms with van der Waals surface area (Å²) in [7, 11) is 0. The van der Waals surface area contributed by atoms with Crippen molar-refractivity contribution in [1.82, 2.24) is 25.2 Å². The summed E-state index contributed by atoms with van der Waals surface area (Å²) in [4.78, 5) is 29.3. The van der Waals surface area contributed by atoms with Crippen molar-refractivity contribution in [2.24, 2.45) is 11.8 Å². The van der Waals surface area contributed by atoms with E-state index in [1.807, 2.05) is 28.9 Å². The van der Waals surface area contributed by atoms with E-state index < -0.39 is 0 Å². The van der Waals surface area contributed by atoms with Crippen LogP contribution in [-0.4, -0.2) is 69.8 Å². The van der Waals surface area contributed by atoms with Crippen molar-refractivity contribution >= 4 is 34.4 Å². The van der Waals surface area contributed by atoms with Crippen LogP contribution in [0.15, 0.2) is 36.4 Å². The number of amides is 2. The van der Waals surface area contributed by atoms with Gasteiger partial charge in [0, 0.05) is 48.6 Å². The third kappa shape index (κ3) is 3.83. The number of hydrogen-bond donors (Lipinski definition) is 1. The van der Waals surface area contributed by atoms with Crippen LogP contribution in [0, 0.1) is 18.8 Å². The molecular formula is C22H22ClN5O3. The number of carbonyl (C=O) groups is 2. The van der Waals surface area contributed by atoms with E-state index in [2.05, 4.69) is 15.4 Å². The normalized spacial score (nSPS) is 20.3. The average molecular weight is 440 g/mol. The van der Waals surface area contributed by atoms with Crippen molar-refractivity contribution in [2.45, 2.75) is 6.92 Å². The summed E-state index contributed by atoms with van der Waals surface area (Å²) in [5, 5.41) is 11.2. The molecule has 2 saturated heterocycles. The highest BCUT2D eigenvalue weighted by atomic mass is 35.5. The molecule has 2 atom stereocenters. The van der Waals surface area contributed by atoms with Gasteiger partial charge in [0.1, 0.15) is 11.3 Å². The van der Waals surface area contributed by atoms with Crippen molar-refractivity contribution < 1.29 is 14.3 Å². The largest absolute Gasteiger partial charge is 0.484 e. The first-order chi connectivity index (χ1) is 15.0. The molecular weight excluding hydrogens is 418 g/mol. The lowest BCUT2D eigenvalue weighted by Crippen LogP contribution is -2.37. The highest BCUT2D eigenvalue weighted by Crippen LogP contribution is 2.32. The molecule has 9 heteroatoms. The Kier molecular flexibility index (Phi) is 5.02. The van der Waals surface area contributed by atoms with E-state index in [4.69, 9.17) is 16.3 Å². The number of aromatic nitrogens is 3. The maximum absolute atomic E-state index is 12.9. The molecule has 1 aromatic heterocycles. The molecule has 2 amide bonds. The Balaban J connectivity index is 1.16. The molecule has 0 saturated carbocycles. The van der Waals surface area contributed by atoms with Gasteiger partial charge >= 0.3 is 0 Å². The number of aryl methyl sites for hydroxylation is 1. The standard InChI is InChI=1S/C22H22ClN5O3/c1-13-6-17(3-4-18(13)23)31-12-21(29)27-8-15-10-28(11-16(15)9-27)22(30)14-2-5-19-20(7-14)25-26-24-19/h2-7,15-16H,8-12H2,1H3,(H,24,25,26). The lowest BCUT2D eigenvalue weighted by Gasteiger charge is -2.22. The second-order valence-corrected chi connectivity index (χ2v) is 8.68. The van der Waals surface area contributed by atoms with Gasteiger partial charge in [-0.25, -0.2) is 0 Å². The minimum absolute atomic E-state index is 0.000865. The van der Waals surface area contributed by atoms with Crippen molar-refractivity contribution in [3.63, 3.8) is 0 Å². The first kappa shape index (κ1) is 19.8. The summed E-state index contributed by atoms with van der Waals surface area (Å²) in [6, 6.07) is 10.7. The fraction of sp³-hybridized carbons (Fsp3) is 0.364. The molecule has 3 aromatic rings. The zero-order valence-corrected chi connectivity index (χ0v) is 17.8. The van der Waals surface area contributed by atoms with E-state index in [0.29, 0.717) is 59.9 Å². The van der Waals surface area contributed by atoms with Crippen LogP contribution in [0.3, 0.4) is 0 Å². The number of rotatable bonds is 4. The molecule has 1 N–H and O–H groups in total. The van der Waals surface area contributed by atoms with E-state index in [9.17, 15) is 9.59 Å². The number of hydrogen-bond acceptors (Lipinski definition) is 5. The van der Waals surface area contributed by atoms with Crippen molar-refractivity contribution in [3.05, 3.63) is 52.5 Å². The molecule has 2 unspecified atom stereocenters. The highest BCUT2D eigenvalue weighted by molar-refractivity contribution is 6.31. The second-order valence-electron chi connectivity index (χ2n) is 8.27. The molecule has 0 radical (unpaired) electrons. The fourth-order valence-electron chi connectivity index (χ4n) is 4.46. The van der Waals surface area contributed by atoms with Crippen molar-refractivity contribution in [1.29, 1.82) is 0 Å². The van der Waals surface area contributed by atoms with Gasteiger partial charge in [0.05, 0.1) is 5.52 Å². The van der Waals surface area contributed by atoms with E-state index in [1.165, 1.54) is 0 Å². The second kappa shape index (κ2) is 7.85. The summed E-state index contributed by atoms with van der Waals surface area (Å²) in [5.74, 6) is 1.19. The number of nitrogens with one attached hydrogen (secondary N) is 1. The number of ether oxygens (including phenoxy) is 1. The lowest BCUT2D eigenvalue weighted by molar-refractivity contribution is -0.132. The SMILES string of the molecule is Cc1cc(OCC(=O)N2CC3CN(C(=O)c4ccc5[nH]nnc5c4)CC3C2)ccc1Cl. The maximum atomic E-state index is 12.9. The average Bonchev–Trinajstić information content (AvgIpc) is 3.47.